The van der Waals surface area contributed by atoms with Crippen molar-refractivity contribution < 1.29 is 4.79 Å². The van der Waals surface area contributed by atoms with Crippen LogP contribution in [0.5, 0.6) is 0 Å². The van der Waals surface area contributed by atoms with Gasteiger partial charge in [-0.15, -0.1) is 11.3 Å². The van der Waals surface area contributed by atoms with Crippen LogP contribution in [0, 0.1) is 0 Å². The largest absolute Gasteiger partial charge is 0.353 e. The van der Waals surface area contributed by atoms with Gasteiger partial charge in [0, 0.05) is 18.0 Å². The number of thiophene rings is 1. The highest BCUT2D eigenvalue weighted by Gasteiger charge is 2.32. The summed E-state index contributed by atoms with van der Waals surface area (Å²) < 4.78 is 0. The lowest BCUT2D eigenvalue weighted by Crippen LogP contribution is -2.45. The Labute approximate surface area is 146 Å². The molecule has 2 aromatic rings. The third-order valence-corrected chi connectivity index (χ3v) is 5.82. The summed E-state index contributed by atoms with van der Waals surface area (Å²) in [5.41, 5.74) is 4.35. The third-order valence-electron chi connectivity index (χ3n) is 4.67. The zero-order valence-corrected chi connectivity index (χ0v) is 14.7. The number of fused-ring (bicyclic) bond motifs is 3. The zero-order valence-electron chi connectivity index (χ0n) is 13.9. The minimum atomic E-state index is -0.150. The van der Waals surface area contributed by atoms with Gasteiger partial charge in [-0.1, -0.05) is 36.4 Å². The Kier molecular flexibility index (Phi) is 3.90. The van der Waals surface area contributed by atoms with Crippen LogP contribution >= 0.6 is 11.3 Å². The van der Waals surface area contributed by atoms with Crippen molar-refractivity contribution in [2.45, 2.75) is 26.1 Å². The van der Waals surface area contributed by atoms with E-state index in [0.717, 1.165) is 41.2 Å². The summed E-state index contributed by atoms with van der Waals surface area (Å²) in [5, 5.41) is 7.65. The molecule has 0 saturated carbocycles. The molecule has 24 heavy (non-hydrogen) atoms. The fraction of sp³-hybridized carbons (Fsp3) is 0.316. The first kappa shape index (κ1) is 15.4. The first-order valence-electron chi connectivity index (χ1n) is 8.25. The Balaban J connectivity index is 1.63. The van der Waals surface area contributed by atoms with Gasteiger partial charge in [0.05, 0.1) is 5.56 Å². The molecule has 4 nitrogen and oxygen atoms in total. The Morgan fingerprint density at radius 3 is 2.88 bits per heavy atom. The molecule has 1 amide bonds. The van der Waals surface area contributed by atoms with Gasteiger partial charge >= 0.3 is 0 Å². The molecule has 0 saturated heterocycles. The van der Waals surface area contributed by atoms with Crippen molar-refractivity contribution in [2.75, 3.05) is 18.9 Å². The van der Waals surface area contributed by atoms with E-state index in [4.69, 9.17) is 0 Å². The van der Waals surface area contributed by atoms with Crippen LogP contribution in [0.2, 0.25) is 0 Å². The van der Waals surface area contributed by atoms with Gasteiger partial charge in [-0.2, -0.15) is 0 Å². The summed E-state index contributed by atoms with van der Waals surface area (Å²) in [6.07, 6.45) is 2.92. The van der Waals surface area contributed by atoms with E-state index in [1.807, 2.05) is 18.2 Å². The van der Waals surface area contributed by atoms with Gasteiger partial charge in [-0.05, 0) is 37.1 Å². The number of hydrogen-bond donors (Lipinski definition) is 2. The second-order valence-corrected chi connectivity index (χ2v) is 7.65. The van der Waals surface area contributed by atoms with E-state index in [1.165, 1.54) is 10.4 Å². The van der Waals surface area contributed by atoms with Crippen molar-refractivity contribution in [3.8, 4) is 0 Å². The highest BCUT2D eigenvalue weighted by atomic mass is 32.1. The van der Waals surface area contributed by atoms with Crippen LogP contribution in [-0.4, -0.2) is 30.6 Å². The average Bonchev–Trinajstić information content (AvgIpc) is 2.93. The second kappa shape index (κ2) is 6.07. The molecular formula is C19H21N3OS. The predicted octanol–water partition coefficient (Wildman–Crippen LogP) is 3.32. The molecule has 4 rings (SSSR count). The first-order valence-corrected chi connectivity index (χ1v) is 9.07. The van der Waals surface area contributed by atoms with Crippen molar-refractivity contribution in [2.24, 2.45) is 0 Å². The lowest BCUT2D eigenvalue weighted by atomic mass is 10.0. The van der Waals surface area contributed by atoms with Gasteiger partial charge in [-0.25, -0.2) is 0 Å². The molecule has 1 aromatic carbocycles. The van der Waals surface area contributed by atoms with E-state index in [0.29, 0.717) is 0 Å². The predicted molar refractivity (Wildman–Crippen MR) is 99.3 cm³/mol. The molecule has 0 fully saturated rings. The van der Waals surface area contributed by atoms with Crippen LogP contribution in [0.15, 0.2) is 35.9 Å². The molecule has 0 aliphatic carbocycles. The number of amides is 1. The highest BCUT2D eigenvalue weighted by molar-refractivity contribution is 7.16. The molecule has 3 heterocycles. The number of hydrogen-bond acceptors (Lipinski definition) is 4. The number of anilines is 1. The van der Waals surface area contributed by atoms with Gasteiger partial charge in [0.15, 0.2) is 0 Å². The van der Waals surface area contributed by atoms with E-state index in [2.05, 4.69) is 47.7 Å². The average molecular weight is 339 g/mol. The molecule has 1 unspecified atom stereocenters. The number of carbonyl (C=O) groups is 1. The van der Waals surface area contributed by atoms with E-state index >= 15 is 0 Å². The van der Waals surface area contributed by atoms with Crippen LogP contribution in [0.3, 0.4) is 0 Å². The van der Waals surface area contributed by atoms with Crippen LogP contribution in [0.1, 0.15) is 33.3 Å². The Hall–Kier alpha value is -2.11. The molecule has 1 aromatic heterocycles. The summed E-state index contributed by atoms with van der Waals surface area (Å²) in [5.74, 6) is 0.0524. The van der Waals surface area contributed by atoms with E-state index in [9.17, 15) is 4.79 Å². The summed E-state index contributed by atoms with van der Waals surface area (Å²) in [4.78, 5) is 16.3. The zero-order chi connectivity index (χ0) is 16.7. The highest BCUT2D eigenvalue weighted by Crippen LogP contribution is 2.39. The molecule has 124 valence electrons. The van der Waals surface area contributed by atoms with Crippen molar-refractivity contribution in [3.05, 3.63) is 57.5 Å². The van der Waals surface area contributed by atoms with Crippen LogP contribution in [-0.2, 0) is 13.0 Å². The lowest BCUT2D eigenvalue weighted by Gasteiger charge is -2.27. The van der Waals surface area contributed by atoms with Crippen LogP contribution in [0.25, 0.3) is 6.08 Å². The van der Waals surface area contributed by atoms with Crippen molar-refractivity contribution in [1.82, 2.24) is 10.2 Å². The summed E-state index contributed by atoms with van der Waals surface area (Å²) in [7, 11) is 2.13. The van der Waals surface area contributed by atoms with E-state index in [1.54, 1.807) is 11.3 Å². The van der Waals surface area contributed by atoms with Crippen molar-refractivity contribution in [3.63, 3.8) is 0 Å². The smallest absolute Gasteiger partial charge is 0.256 e. The molecule has 0 spiro atoms. The molecular weight excluding hydrogens is 318 g/mol. The minimum Gasteiger partial charge on any atom is -0.353 e. The van der Waals surface area contributed by atoms with E-state index < -0.39 is 0 Å². The third kappa shape index (κ3) is 2.74. The number of rotatable bonds is 2. The summed E-state index contributed by atoms with van der Waals surface area (Å²) >= 11 is 1.73. The van der Waals surface area contributed by atoms with Crippen LogP contribution in [0.4, 0.5) is 5.00 Å². The van der Waals surface area contributed by atoms with Gasteiger partial charge in [0.25, 0.3) is 5.91 Å². The van der Waals surface area contributed by atoms with Crippen molar-refractivity contribution >= 4 is 28.3 Å². The normalized spacial score (nSPS) is 20.8. The molecule has 2 aliphatic heterocycles. The molecule has 2 aliphatic rings. The molecule has 1 atom stereocenters. The lowest BCUT2D eigenvalue weighted by molar-refractivity contribution is 0.0940. The fourth-order valence-electron chi connectivity index (χ4n) is 3.37. The summed E-state index contributed by atoms with van der Waals surface area (Å²) in [6.45, 7) is 4.00. The van der Waals surface area contributed by atoms with Crippen LogP contribution < -0.4 is 10.6 Å². The number of nitrogens with one attached hydrogen (secondary N) is 2. The molecule has 0 radical (unpaired) electrons. The first-order chi connectivity index (χ1) is 11.6. The Morgan fingerprint density at radius 2 is 2.08 bits per heavy atom. The quantitative estimate of drug-likeness (QED) is 0.882. The molecule has 0 bridgehead atoms. The van der Waals surface area contributed by atoms with Gasteiger partial charge in [0.2, 0.25) is 0 Å². The SMILES string of the molecule is C/C(=C\c1ccccc1)C1NC(=O)c2c(sc3c2CCN(C)C3)N1. The number of benzene rings is 1. The maximum absolute atomic E-state index is 12.7. The maximum atomic E-state index is 12.7. The standard InChI is InChI=1S/C19H21N3OS/c1-12(10-13-6-4-3-5-7-13)17-20-18(23)16-14-8-9-22(2)11-15(14)24-19(16)21-17/h3-7,10,17,21H,8-9,11H2,1-2H3,(H,20,23)/b12-10+. The monoisotopic (exact) mass is 339 g/mol. The van der Waals surface area contributed by atoms with Gasteiger partial charge in [-0.3, -0.25) is 4.79 Å². The molecule has 2 N–H and O–H groups in total. The number of likely N-dealkylation sites (N-methyl/N-ethyl adjacent to an activating group) is 1. The second-order valence-electron chi connectivity index (χ2n) is 6.55. The van der Waals surface area contributed by atoms with Gasteiger partial charge < -0.3 is 15.5 Å². The van der Waals surface area contributed by atoms with E-state index in [-0.39, 0.29) is 12.1 Å². The minimum absolute atomic E-state index is 0.0524. The Morgan fingerprint density at radius 1 is 1.29 bits per heavy atom. The number of nitrogens with zero attached hydrogens (tertiary/aromatic N) is 1. The Bertz CT molecular complexity index is 810. The topological polar surface area (TPSA) is 44.4 Å². The number of carbonyl (C=O) groups excluding carboxylic acids is 1. The summed E-state index contributed by atoms with van der Waals surface area (Å²) in [6, 6.07) is 10.2. The molecule has 5 heteroatoms. The van der Waals surface area contributed by atoms with Crippen molar-refractivity contribution in [1.29, 1.82) is 0 Å². The fourth-order valence-corrected chi connectivity index (χ4v) is 4.72. The maximum Gasteiger partial charge on any atom is 0.256 e. The van der Waals surface area contributed by atoms with Gasteiger partial charge in [0.1, 0.15) is 11.2 Å².